The first-order chi connectivity index (χ1) is 6.54. The first-order valence-corrected chi connectivity index (χ1v) is 4.90. The molecule has 0 aromatic rings. The highest BCUT2D eigenvalue weighted by Gasteiger charge is 2.28. The zero-order chi connectivity index (χ0) is 11.0. The lowest BCUT2D eigenvalue weighted by Crippen LogP contribution is -2.34. The number of carbonyl (C=O) groups excluding carboxylic acids is 1. The van der Waals surface area contributed by atoms with Gasteiger partial charge in [0.1, 0.15) is 0 Å². The minimum absolute atomic E-state index is 0.0253. The average Bonchev–Trinajstić information content (AvgIpc) is 2.12. The summed E-state index contributed by atoms with van der Waals surface area (Å²) in [4.78, 5) is 20.9. The lowest BCUT2D eigenvalue weighted by molar-refractivity contribution is -0.324. The number of aliphatic hydroxyl groups is 1. The van der Waals surface area contributed by atoms with Crippen LogP contribution in [0.2, 0.25) is 0 Å². The van der Waals surface area contributed by atoms with Gasteiger partial charge in [-0.25, -0.2) is 9.78 Å². The van der Waals surface area contributed by atoms with E-state index in [0.717, 1.165) is 19.3 Å². The molecule has 0 saturated heterocycles. The minimum atomic E-state index is -0.867. The number of carbonyl (C=O) groups is 1. The van der Waals surface area contributed by atoms with Gasteiger partial charge in [-0.3, -0.25) is 4.79 Å². The second kappa shape index (κ2) is 6.92. The predicted octanol–water partition coefficient (Wildman–Crippen LogP) is 1.46. The fourth-order valence-corrected chi connectivity index (χ4v) is 1.13. The van der Waals surface area contributed by atoms with E-state index in [2.05, 4.69) is 4.89 Å². The van der Waals surface area contributed by atoms with Crippen LogP contribution in [-0.2, 0) is 14.6 Å². The van der Waals surface area contributed by atoms with E-state index in [9.17, 15) is 4.79 Å². The molecule has 14 heavy (non-hydrogen) atoms. The molecule has 0 rings (SSSR count). The van der Waals surface area contributed by atoms with Gasteiger partial charge in [-0.2, -0.15) is 0 Å². The summed E-state index contributed by atoms with van der Waals surface area (Å²) in [6, 6.07) is 0. The molecule has 0 bridgehead atoms. The van der Waals surface area contributed by atoms with Crippen LogP contribution >= 0.6 is 0 Å². The maximum Gasteiger partial charge on any atom is 0.167 e. The van der Waals surface area contributed by atoms with Crippen LogP contribution < -0.4 is 0 Å². The molecular formula is C10H20O4. The molecular weight excluding hydrogens is 184 g/mol. The molecule has 0 atom stereocenters. The molecule has 0 aromatic heterocycles. The number of Topliss-reactive ketones (excluding diaryl/α,β-unsaturated/α-hetero) is 1. The van der Waals surface area contributed by atoms with Crippen molar-refractivity contribution < 1.29 is 19.7 Å². The normalized spacial score (nSPS) is 11.7. The highest BCUT2D eigenvalue weighted by Crippen LogP contribution is 2.15. The maximum absolute atomic E-state index is 11.6. The fraction of sp³-hybridized carbons (Fsp3) is 0.900. The van der Waals surface area contributed by atoms with Crippen molar-refractivity contribution in [3.63, 3.8) is 0 Å². The Balaban J connectivity index is 3.71. The maximum atomic E-state index is 11.6. The van der Waals surface area contributed by atoms with Gasteiger partial charge in [-0.1, -0.05) is 6.42 Å². The van der Waals surface area contributed by atoms with Gasteiger partial charge in [0.25, 0.3) is 0 Å². The van der Waals surface area contributed by atoms with E-state index in [1.54, 1.807) is 13.8 Å². The highest BCUT2D eigenvalue weighted by atomic mass is 17.2. The highest BCUT2D eigenvalue weighted by molar-refractivity contribution is 5.86. The topological polar surface area (TPSA) is 55.8 Å². The van der Waals surface area contributed by atoms with Gasteiger partial charge in [-0.15, -0.1) is 0 Å². The molecule has 0 spiro atoms. The Morgan fingerprint density at radius 1 is 1.29 bits per heavy atom. The Bertz CT molecular complexity index is 166. The molecule has 84 valence electrons. The van der Waals surface area contributed by atoms with Crippen molar-refractivity contribution in [2.75, 3.05) is 13.7 Å². The van der Waals surface area contributed by atoms with Crippen LogP contribution in [0.5, 0.6) is 0 Å². The summed E-state index contributed by atoms with van der Waals surface area (Å²) in [6.45, 7) is 3.56. The van der Waals surface area contributed by atoms with Gasteiger partial charge in [0.15, 0.2) is 11.4 Å². The molecule has 4 heteroatoms. The van der Waals surface area contributed by atoms with Crippen molar-refractivity contribution in [2.45, 2.75) is 45.1 Å². The molecule has 1 N–H and O–H groups in total. The fourth-order valence-electron chi connectivity index (χ4n) is 1.13. The molecule has 0 aliphatic heterocycles. The number of unbranched alkanes of at least 4 members (excludes halogenated alkanes) is 2. The third-order valence-corrected chi connectivity index (χ3v) is 2.03. The van der Waals surface area contributed by atoms with E-state index in [1.165, 1.54) is 7.11 Å². The minimum Gasteiger partial charge on any atom is -0.396 e. The summed E-state index contributed by atoms with van der Waals surface area (Å²) in [5, 5.41) is 8.55. The van der Waals surface area contributed by atoms with Crippen LogP contribution in [0.3, 0.4) is 0 Å². The van der Waals surface area contributed by atoms with E-state index in [4.69, 9.17) is 9.99 Å². The smallest absolute Gasteiger partial charge is 0.167 e. The van der Waals surface area contributed by atoms with E-state index in [0.29, 0.717) is 6.42 Å². The quantitative estimate of drug-likeness (QED) is 0.369. The standard InChI is InChI=1S/C10H20O4/c1-10(2,14-13-3)9(12)7-5-4-6-8-11/h11H,4-8H2,1-3H3. The van der Waals surface area contributed by atoms with Crippen molar-refractivity contribution in [2.24, 2.45) is 0 Å². The summed E-state index contributed by atoms with van der Waals surface area (Å²) < 4.78 is 0. The zero-order valence-electron chi connectivity index (χ0n) is 9.21. The summed E-state index contributed by atoms with van der Waals surface area (Å²) >= 11 is 0. The van der Waals surface area contributed by atoms with Crippen LogP contribution in [0, 0.1) is 0 Å². The van der Waals surface area contributed by atoms with Gasteiger partial charge < -0.3 is 5.11 Å². The summed E-state index contributed by atoms with van der Waals surface area (Å²) in [7, 11) is 1.39. The zero-order valence-corrected chi connectivity index (χ0v) is 9.21. The number of aliphatic hydroxyl groups excluding tert-OH is 1. The van der Waals surface area contributed by atoms with Crippen molar-refractivity contribution in [1.29, 1.82) is 0 Å². The monoisotopic (exact) mass is 204 g/mol. The summed E-state index contributed by atoms with van der Waals surface area (Å²) in [5.41, 5.74) is -0.867. The van der Waals surface area contributed by atoms with Crippen LogP contribution in [0.25, 0.3) is 0 Å². The second-order valence-electron chi connectivity index (χ2n) is 3.72. The lowest BCUT2D eigenvalue weighted by atomic mass is 9.98. The molecule has 0 unspecified atom stereocenters. The van der Waals surface area contributed by atoms with Crippen LogP contribution in [0.4, 0.5) is 0 Å². The molecule has 0 amide bonds. The second-order valence-corrected chi connectivity index (χ2v) is 3.72. The third kappa shape index (κ3) is 5.32. The van der Waals surface area contributed by atoms with Crippen LogP contribution in [0.1, 0.15) is 39.5 Å². The number of hydrogen-bond donors (Lipinski definition) is 1. The molecule has 0 aliphatic carbocycles. The number of rotatable bonds is 8. The van der Waals surface area contributed by atoms with Gasteiger partial charge in [0.05, 0.1) is 7.11 Å². The predicted molar refractivity (Wildman–Crippen MR) is 52.7 cm³/mol. The number of hydrogen-bond acceptors (Lipinski definition) is 4. The molecule has 0 saturated carbocycles. The van der Waals surface area contributed by atoms with E-state index in [-0.39, 0.29) is 12.4 Å². The summed E-state index contributed by atoms with van der Waals surface area (Å²) in [6.07, 6.45) is 2.87. The Morgan fingerprint density at radius 2 is 1.93 bits per heavy atom. The molecule has 0 heterocycles. The van der Waals surface area contributed by atoms with Crippen molar-refractivity contribution in [3.8, 4) is 0 Å². The van der Waals surface area contributed by atoms with Crippen LogP contribution in [0.15, 0.2) is 0 Å². The van der Waals surface area contributed by atoms with Crippen molar-refractivity contribution in [3.05, 3.63) is 0 Å². The average molecular weight is 204 g/mol. The third-order valence-electron chi connectivity index (χ3n) is 2.03. The molecule has 0 aliphatic rings. The largest absolute Gasteiger partial charge is 0.396 e. The molecule has 0 aromatic carbocycles. The Hall–Kier alpha value is -0.450. The lowest BCUT2D eigenvalue weighted by Gasteiger charge is -2.20. The Labute approximate surface area is 85.1 Å². The van der Waals surface area contributed by atoms with Gasteiger partial charge in [0.2, 0.25) is 0 Å². The molecule has 0 radical (unpaired) electrons. The van der Waals surface area contributed by atoms with Gasteiger partial charge in [0, 0.05) is 13.0 Å². The first-order valence-electron chi connectivity index (χ1n) is 4.90. The number of ketones is 1. The summed E-state index contributed by atoms with van der Waals surface area (Å²) in [5.74, 6) is 0.0253. The van der Waals surface area contributed by atoms with E-state index < -0.39 is 5.60 Å². The van der Waals surface area contributed by atoms with E-state index in [1.807, 2.05) is 0 Å². The van der Waals surface area contributed by atoms with Crippen molar-refractivity contribution in [1.82, 2.24) is 0 Å². The first kappa shape index (κ1) is 13.5. The Morgan fingerprint density at radius 3 is 2.43 bits per heavy atom. The molecule has 4 nitrogen and oxygen atoms in total. The Kier molecular flexibility index (Phi) is 6.70. The van der Waals surface area contributed by atoms with Gasteiger partial charge in [-0.05, 0) is 26.7 Å². The van der Waals surface area contributed by atoms with Gasteiger partial charge >= 0.3 is 0 Å². The van der Waals surface area contributed by atoms with Crippen LogP contribution in [-0.4, -0.2) is 30.2 Å². The van der Waals surface area contributed by atoms with Crippen molar-refractivity contribution >= 4 is 5.78 Å². The SMILES string of the molecule is COOC(C)(C)C(=O)CCCCCO. The molecule has 0 fully saturated rings. The van der Waals surface area contributed by atoms with E-state index >= 15 is 0 Å².